The number of rotatable bonds is 9. The predicted molar refractivity (Wildman–Crippen MR) is 205 cm³/mol. The Bertz CT molecular complexity index is 2290. The monoisotopic (exact) mass is 629 g/mol. The summed E-state index contributed by atoms with van der Waals surface area (Å²) in [7, 11) is 0. The largest absolute Gasteiger partial charge is 0.208 e. The van der Waals surface area contributed by atoms with E-state index in [-0.39, 0.29) is 0 Å². The van der Waals surface area contributed by atoms with Crippen molar-refractivity contribution in [3.05, 3.63) is 200 Å². The maximum Gasteiger partial charge on any atom is 0.164 e. The van der Waals surface area contributed by atoms with Crippen molar-refractivity contribution in [3.63, 3.8) is 0 Å². The van der Waals surface area contributed by atoms with Gasteiger partial charge in [0.05, 0.1) is 0 Å². The van der Waals surface area contributed by atoms with E-state index < -0.39 is 0 Å². The molecule has 7 rings (SSSR count). The van der Waals surface area contributed by atoms with Gasteiger partial charge in [-0.05, 0) is 69.6 Å². The molecule has 0 atom stereocenters. The van der Waals surface area contributed by atoms with Crippen LogP contribution >= 0.6 is 0 Å². The van der Waals surface area contributed by atoms with Crippen molar-refractivity contribution < 1.29 is 0 Å². The number of hydrogen-bond acceptors (Lipinski definition) is 3. The van der Waals surface area contributed by atoms with Crippen LogP contribution in [0.5, 0.6) is 0 Å². The van der Waals surface area contributed by atoms with Crippen LogP contribution in [0.3, 0.4) is 0 Å². The molecular weight excluding hydrogens is 595 g/mol. The highest BCUT2D eigenvalue weighted by Crippen LogP contribution is 2.31. The van der Waals surface area contributed by atoms with Gasteiger partial charge in [0.2, 0.25) is 0 Å². The molecule has 0 saturated carbocycles. The second-order valence-corrected chi connectivity index (χ2v) is 11.9. The van der Waals surface area contributed by atoms with Crippen LogP contribution in [0.4, 0.5) is 0 Å². The van der Waals surface area contributed by atoms with Gasteiger partial charge in [0, 0.05) is 16.7 Å². The molecule has 6 aromatic carbocycles. The fraction of sp³-hybridized carbons (Fsp3) is 0.0217. The van der Waals surface area contributed by atoms with Gasteiger partial charge in [-0.2, -0.15) is 0 Å². The Morgan fingerprint density at radius 1 is 0.429 bits per heavy atom. The van der Waals surface area contributed by atoms with Crippen molar-refractivity contribution in [1.29, 1.82) is 0 Å². The van der Waals surface area contributed by atoms with E-state index in [9.17, 15) is 0 Å². The number of nitrogens with zero attached hydrogens (tertiary/aromatic N) is 3. The molecule has 234 valence electrons. The summed E-state index contributed by atoms with van der Waals surface area (Å²) in [6.45, 7) is 6.33. The Balaban J connectivity index is 1.24. The quantitative estimate of drug-likeness (QED) is 0.149. The molecule has 0 unspecified atom stereocenters. The lowest BCUT2D eigenvalue weighted by atomic mass is 9.98. The number of benzene rings is 6. The number of aromatic nitrogens is 3. The van der Waals surface area contributed by atoms with Gasteiger partial charge in [-0.1, -0.05) is 170 Å². The maximum absolute atomic E-state index is 5.05. The van der Waals surface area contributed by atoms with Crippen molar-refractivity contribution >= 4 is 11.1 Å². The molecule has 0 amide bonds. The smallest absolute Gasteiger partial charge is 0.164 e. The minimum Gasteiger partial charge on any atom is -0.208 e. The fourth-order valence-electron chi connectivity index (χ4n) is 5.75. The number of hydrogen-bond donors (Lipinski definition) is 0. The van der Waals surface area contributed by atoms with Crippen molar-refractivity contribution in [2.24, 2.45) is 0 Å². The molecular formula is C46H35N3. The van der Waals surface area contributed by atoms with Gasteiger partial charge in [0.25, 0.3) is 0 Å². The van der Waals surface area contributed by atoms with Gasteiger partial charge in [-0.15, -0.1) is 0 Å². The first kappa shape index (κ1) is 31.2. The lowest BCUT2D eigenvalue weighted by molar-refractivity contribution is 1.07. The molecule has 3 heteroatoms. The Kier molecular flexibility index (Phi) is 9.25. The third-order valence-electron chi connectivity index (χ3n) is 8.46. The lowest BCUT2D eigenvalue weighted by Crippen LogP contribution is -2.00. The van der Waals surface area contributed by atoms with Crippen molar-refractivity contribution in [2.45, 2.75) is 6.92 Å². The Labute approximate surface area is 288 Å². The molecule has 1 heterocycles. The van der Waals surface area contributed by atoms with E-state index in [4.69, 9.17) is 15.0 Å². The van der Waals surface area contributed by atoms with Crippen molar-refractivity contribution in [2.75, 3.05) is 0 Å². The van der Waals surface area contributed by atoms with Crippen LogP contribution < -0.4 is 0 Å². The summed E-state index contributed by atoms with van der Waals surface area (Å²) in [5.74, 6) is 1.89. The zero-order chi connectivity index (χ0) is 33.4. The number of allylic oxidation sites excluding steroid dienone is 5. The lowest BCUT2D eigenvalue weighted by Gasteiger charge is -2.11. The summed E-state index contributed by atoms with van der Waals surface area (Å²) in [5.41, 5.74) is 11.7. The van der Waals surface area contributed by atoms with Gasteiger partial charge in [0.15, 0.2) is 17.5 Å². The second-order valence-electron chi connectivity index (χ2n) is 11.9. The van der Waals surface area contributed by atoms with Crippen LogP contribution in [-0.2, 0) is 0 Å². The van der Waals surface area contributed by atoms with E-state index in [1.807, 2.05) is 60.7 Å². The molecule has 0 N–H and O–H groups in total. The summed E-state index contributed by atoms with van der Waals surface area (Å²) in [6, 6.07) is 56.2. The molecule has 0 aliphatic carbocycles. The van der Waals surface area contributed by atoms with E-state index in [0.29, 0.717) is 17.5 Å². The summed E-state index contributed by atoms with van der Waals surface area (Å²) in [6.07, 6.45) is 6.20. The van der Waals surface area contributed by atoms with Crippen LogP contribution in [0.25, 0.3) is 67.6 Å². The average Bonchev–Trinajstić information content (AvgIpc) is 3.19. The molecule has 0 saturated heterocycles. The van der Waals surface area contributed by atoms with Crippen LogP contribution in [0.2, 0.25) is 0 Å². The standard InChI is InChI=1S/C46H35N3/c1-33(35-18-6-3-7-19-35)16-12-17-34(2)38-24-13-28-42(30-38)45-47-44(37-22-10-5-11-23-37)48-46(49-45)43-29-15-27-41(32-43)40-26-14-25-39(31-40)36-20-8-4-9-21-36/h3-32H,1H2,2H3/b16-12-,34-17+. The third-order valence-corrected chi connectivity index (χ3v) is 8.46. The van der Waals surface area contributed by atoms with E-state index in [2.05, 4.69) is 135 Å². The molecule has 0 aliphatic heterocycles. The third kappa shape index (κ3) is 7.43. The molecule has 3 nitrogen and oxygen atoms in total. The molecule has 0 spiro atoms. The highest BCUT2D eigenvalue weighted by molar-refractivity contribution is 5.78. The maximum atomic E-state index is 5.05. The average molecular weight is 630 g/mol. The highest BCUT2D eigenvalue weighted by Gasteiger charge is 2.14. The Hall–Kier alpha value is -6.45. The minimum absolute atomic E-state index is 0.628. The van der Waals surface area contributed by atoms with Gasteiger partial charge in [-0.3, -0.25) is 0 Å². The summed E-state index contributed by atoms with van der Waals surface area (Å²) >= 11 is 0. The van der Waals surface area contributed by atoms with Crippen LogP contribution in [0, 0.1) is 0 Å². The Morgan fingerprint density at radius 2 is 0.837 bits per heavy atom. The molecule has 0 fully saturated rings. The zero-order valence-electron chi connectivity index (χ0n) is 27.4. The van der Waals surface area contributed by atoms with Gasteiger partial charge >= 0.3 is 0 Å². The van der Waals surface area contributed by atoms with Crippen LogP contribution in [-0.4, -0.2) is 15.0 Å². The zero-order valence-corrected chi connectivity index (χ0v) is 27.4. The first-order valence-electron chi connectivity index (χ1n) is 16.4. The van der Waals surface area contributed by atoms with Crippen LogP contribution in [0.1, 0.15) is 18.1 Å². The SMILES string of the molecule is C=C(/C=C\C=C(/C)c1cccc(-c2nc(-c3ccccc3)nc(-c3cccc(-c4cccc(-c5ccccc5)c4)c3)n2)c1)c1ccccc1. The fourth-order valence-corrected chi connectivity index (χ4v) is 5.75. The molecule has 49 heavy (non-hydrogen) atoms. The summed E-state index contributed by atoms with van der Waals surface area (Å²) < 4.78 is 0. The highest BCUT2D eigenvalue weighted by atomic mass is 15.0. The predicted octanol–water partition coefficient (Wildman–Crippen LogP) is 11.9. The molecule has 7 aromatic rings. The normalized spacial score (nSPS) is 11.5. The first-order chi connectivity index (χ1) is 24.1. The van der Waals surface area contributed by atoms with Gasteiger partial charge in [0.1, 0.15) is 0 Å². The van der Waals surface area contributed by atoms with E-state index in [1.165, 1.54) is 11.1 Å². The topological polar surface area (TPSA) is 38.7 Å². The van der Waals surface area contributed by atoms with Crippen LogP contribution in [0.15, 0.2) is 189 Å². The molecule has 0 bridgehead atoms. The van der Waals surface area contributed by atoms with E-state index in [1.54, 1.807) is 0 Å². The van der Waals surface area contributed by atoms with Crippen molar-refractivity contribution in [1.82, 2.24) is 15.0 Å². The van der Waals surface area contributed by atoms with Gasteiger partial charge in [-0.25, -0.2) is 15.0 Å². The molecule has 0 radical (unpaired) electrons. The summed E-state index contributed by atoms with van der Waals surface area (Å²) in [5, 5.41) is 0. The minimum atomic E-state index is 0.628. The summed E-state index contributed by atoms with van der Waals surface area (Å²) in [4.78, 5) is 15.0. The second kappa shape index (κ2) is 14.5. The van der Waals surface area contributed by atoms with E-state index >= 15 is 0 Å². The van der Waals surface area contributed by atoms with Gasteiger partial charge < -0.3 is 0 Å². The Morgan fingerprint density at radius 3 is 1.45 bits per heavy atom. The van der Waals surface area contributed by atoms with E-state index in [0.717, 1.165) is 50.1 Å². The molecule has 0 aliphatic rings. The molecule has 1 aromatic heterocycles. The first-order valence-corrected chi connectivity index (χ1v) is 16.4. The van der Waals surface area contributed by atoms with Crippen molar-refractivity contribution in [3.8, 4) is 56.4 Å².